The Morgan fingerprint density at radius 2 is 2.15 bits per heavy atom. The Hall–Kier alpha value is -1.55. The van der Waals surface area contributed by atoms with Gasteiger partial charge < -0.3 is 15.4 Å². The molecule has 1 aliphatic rings. The molecule has 3 N–H and O–H groups in total. The summed E-state index contributed by atoms with van der Waals surface area (Å²) in [4.78, 5) is 4.74. The standard InChI is InChI=1S/C16H23N3O/c1-2-16-18-13-9-12(17)7-8-15(13)19(16)14-6-4-3-5-11(14)10-20/h7-9,11,14,20H,2-6,10,17H2,1H3. The summed E-state index contributed by atoms with van der Waals surface area (Å²) in [7, 11) is 0. The topological polar surface area (TPSA) is 64.1 Å². The molecule has 1 fully saturated rings. The first-order valence-electron chi connectivity index (χ1n) is 7.61. The largest absolute Gasteiger partial charge is 0.399 e. The normalized spacial score (nSPS) is 23.3. The molecule has 1 aromatic carbocycles. The van der Waals surface area contributed by atoms with E-state index in [1.807, 2.05) is 12.1 Å². The molecule has 108 valence electrons. The van der Waals surface area contributed by atoms with Gasteiger partial charge in [0.2, 0.25) is 0 Å². The highest BCUT2D eigenvalue weighted by atomic mass is 16.3. The van der Waals surface area contributed by atoms with Crippen molar-refractivity contribution in [1.29, 1.82) is 0 Å². The van der Waals surface area contributed by atoms with Crippen LogP contribution in [0.3, 0.4) is 0 Å². The molecule has 1 aliphatic carbocycles. The van der Waals surface area contributed by atoms with E-state index in [1.165, 1.54) is 12.8 Å². The van der Waals surface area contributed by atoms with Gasteiger partial charge in [-0.15, -0.1) is 0 Å². The number of hydrogen-bond acceptors (Lipinski definition) is 3. The molecule has 4 heteroatoms. The van der Waals surface area contributed by atoms with Gasteiger partial charge in [-0.25, -0.2) is 4.98 Å². The third-order valence-corrected chi connectivity index (χ3v) is 4.54. The third kappa shape index (κ3) is 2.18. The Balaban J connectivity index is 2.13. The lowest BCUT2D eigenvalue weighted by Gasteiger charge is -2.32. The molecule has 0 spiro atoms. The van der Waals surface area contributed by atoms with E-state index in [1.54, 1.807) is 0 Å². The van der Waals surface area contributed by atoms with Crippen LogP contribution in [-0.4, -0.2) is 21.3 Å². The molecule has 0 amide bonds. The second-order valence-electron chi connectivity index (χ2n) is 5.79. The minimum atomic E-state index is 0.266. The van der Waals surface area contributed by atoms with Crippen molar-refractivity contribution in [3.63, 3.8) is 0 Å². The predicted octanol–water partition coefficient (Wildman–Crippen LogP) is 2.90. The number of imidazole rings is 1. The van der Waals surface area contributed by atoms with Crippen LogP contribution in [0.15, 0.2) is 18.2 Å². The van der Waals surface area contributed by atoms with Crippen LogP contribution in [0, 0.1) is 5.92 Å². The fourth-order valence-corrected chi connectivity index (χ4v) is 3.53. The van der Waals surface area contributed by atoms with Crippen molar-refractivity contribution in [2.75, 3.05) is 12.3 Å². The molecule has 0 aliphatic heterocycles. The second kappa shape index (κ2) is 5.44. The Labute approximate surface area is 119 Å². The van der Waals surface area contributed by atoms with E-state index >= 15 is 0 Å². The number of rotatable bonds is 3. The van der Waals surface area contributed by atoms with Gasteiger partial charge in [0.05, 0.1) is 11.0 Å². The molecule has 0 saturated heterocycles. The molecular formula is C16H23N3O. The Morgan fingerprint density at radius 1 is 1.35 bits per heavy atom. The van der Waals surface area contributed by atoms with E-state index in [-0.39, 0.29) is 6.61 Å². The number of aryl methyl sites for hydroxylation is 1. The number of aliphatic hydroxyl groups is 1. The van der Waals surface area contributed by atoms with Crippen molar-refractivity contribution in [2.24, 2.45) is 5.92 Å². The van der Waals surface area contributed by atoms with E-state index < -0.39 is 0 Å². The number of fused-ring (bicyclic) bond motifs is 1. The highest BCUT2D eigenvalue weighted by molar-refractivity contribution is 5.79. The summed E-state index contributed by atoms with van der Waals surface area (Å²) in [6.45, 7) is 2.40. The number of aromatic nitrogens is 2. The van der Waals surface area contributed by atoms with Crippen molar-refractivity contribution in [3.8, 4) is 0 Å². The minimum Gasteiger partial charge on any atom is -0.399 e. The average molecular weight is 273 g/mol. The van der Waals surface area contributed by atoms with Crippen molar-refractivity contribution < 1.29 is 5.11 Å². The molecule has 2 atom stereocenters. The molecular weight excluding hydrogens is 250 g/mol. The van der Waals surface area contributed by atoms with E-state index in [2.05, 4.69) is 17.6 Å². The van der Waals surface area contributed by atoms with E-state index in [9.17, 15) is 5.11 Å². The van der Waals surface area contributed by atoms with Crippen LogP contribution >= 0.6 is 0 Å². The average Bonchev–Trinajstić information content (AvgIpc) is 2.84. The van der Waals surface area contributed by atoms with Gasteiger partial charge in [0.1, 0.15) is 5.82 Å². The molecule has 4 nitrogen and oxygen atoms in total. The van der Waals surface area contributed by atoms with Crippen molar-refractivity contribution in [2.45, 2.75) is 45.1 Å². The lowest BCUT2D eigenvalue weighted by Crippen LogP contribution is -2.27. The van der Waals surface area contributed by atoms with E-state index in [0.717, 1.165) is 41.8 Å². The molecule has 20 heavy (non-hydrogen) atoms. The fraction of sp³-hybridized carbons (Fsp3) is 0.562. The SMILES string of the molecule is CCc1nc2cc(N)ccc2n1C1CCCCC1CO. The van der Waals surface area contributed by atoms with Crippen LogP contribution in [0.1, 0.15) is 44.5 Å². The predicted molar refractivity (Wildman–Crippen MR) is 81.6 cm³/mol. The zero-order chi connectivity index (χ0) is 14.1. The zero-order valence-electron chi connectivity index (χ0n) is 12.0. The summed E-state index contributed by atoms with van der Waals surface area (Å²) in [5, 5.41) is 9.69. The Morgan fingerprint density at radius 3 is 2.90 bits per heavy atom. The first kappa shape index (κ1) is 13.4. The van der Waals surface area contributed by atoms with Crippen molar-refractivity contribution >= 4 is 16.7 Å². The van der Waals surface area contributed by atoms with Crippen LogP contribution in [0.4, 0.5) is 5.69 Å². The second-order valence-corrected chi connectivity index (χ2v) is 5.79. The van der Waals surface area contributed by atoms with Crippen LogP contribution in [0.25, 0.3) is 11.0 Å². The third-order valence-electron chi connectivity index (χ3n) is 4.54. The maximum absolute atomic E-state index is 9.69. The monoisotopic (exact) mass is 273 g/mol. The number of hydrogen-bond donors (Lipinski definition) is 2. The van der Waals surface area contributed by atoms with Gasteiger partial charge in [-0.05, 0) is 31.0 Å². The highest BCUT2D eigenvalue weighted by Crippen LogP contribution is 2.37. The molecule has 0 bridgehead atoms. The molecule has 2 unspecified atom stereocenters. The van der Waals surface area contributed by atoms with Crippen molar-refractivity contribution in [3.05, 3.63) is 24.0 Å². The summed E-state index contributed by atoms with van der Waals surface area (Å²) in [5.41, 5.74) is 8.75. The summed E-state index contributed by atoms with van der Waals surface area (Å²) >= 11 is 0. The quantitative estimate of drug-likeness (QED) is 0.845. The molecule has 3 rings (SSSR count). The lowest BCUT2D eigenvalue weighted by atomic mass is 9.84. The summed E-state index contributed by atoms with van der Waals surface area (Å²) in [6.07, 6.45) is 5.61. The smallest absolute Gasteiger partial charge is 0.109 e. The number of nitrogens with zero attached hydrogens (tertiary/aromatic N) is 2. The summed E-state index contributed by atoms with van der Waals surface area (Å²) < 4.78 is 2.36. The first-order chi connectivity index (χ1) is 9.74. The van der Waals surface area contributed by atoms with Gasteiger partial charge in [-0.2, -0.15) is 0 Å². The molecule has 1 saturated carbocycles. The number of nitrogen functional groups attached to an aromatic ring is 1. The van der Waals surface area contributed by atoms with Gasteiger partial charge >= 0.3 is 0 Å². The summed E-state index contributed by atoms with van der Waals surface area (Å²) in [6, 6.07) is 6.33. The fourth-order valence-electron chi connectivity index (χ4n) is 3.53. The molecule has 1 aromatic heterocycles. The van der Waals surface area contributed by atoms with Gasteiger partial charge in [-0.3, -0.25) is 0 Å². The Bertz CT molecular complexity index is 605. The lowest BCUT2D eigenvalue weighted by molar-refractivity contribution is 0.139. The van der Waals surface area contributed by atoms with Gasteiger partial charge in [-0.1, -0.05) is 19.8 Å². The number of aliphatic hydroxyl groups excluding tert-OH is 1. The van der Waals surface area contributed by atoms with Crippen LogP contribution in [0.2, 0.25) is 0 Å². The van der Waals surface area contributed by atoms with Gasteiger partial charge in [0, 0.05) is 30.7 Å². The summed E-state index contributed by atoms with van der Waals surface area (Å²) in [5.74, 6) is 1.46. The molecule has 1 heterocycles. The van der Waals surface area contributed by atoms with Crippen molar-refractivity contribution in [1.82, 2.24) is 9.55 Å². The van der Waals surface area contributed by atoms with E-state index in [4.69, 9.17) is 10.7 Å². The van der Waals surface area contributed by atoms with Crippen LogP contribution < -0.4 is 5.73 Å². The minimum absolute atomic E-state index is 0.266. The van der Waals surface area contributed by atoms with Crippen LogP contribution in [0.5, 0.6) is 0 Å². The highest BCUT2D eigenvalue weighted by Gasteiger charge is 2.28. The molecule has 2 aromatic rings. The first-order valence-corrected chi connectivity index (χ1v) is 7.61. The Kier molecular flexibility index (Phi) is 3.66. The zero-order valence-corrected chi connectivity index (χ0v) is 12.0. The maximum Gasteiger partial charge on any atom is 0.109 e. The van der Waals surface area contributed by atoms with Gasteiger partial charge in [0.15, 0.2) is 0 Å². The number of anilines is 1. The van der Waals surface area contributed by atoms with E-state index in [0.29, 0.717) is 12.0 Å². The number of nitrogens with two attached hydrogens (primary N) is 1. The van der Waals surface area contributed by atoms with Gasteiger partial charge in [0.25, 0.3) is 0 Å². The number of benzene rings is 1. The maximum atomic E-state index is 9.69. The molecule has 0 radical (unpaired) electrons. The van der Waals surface area contributed by atoms with Crippen LogP contribution in [-0.2, 0) is 6.42 Å².